The number of nitrogens with two attached hydrogens (primary N) is 3. The molecule has 0 atom stereocenters. The molecule has 0 amide bonds. The first-order chi connectivity index (χ1) is 6.18. The van der Waals surface area contributed by atoms with Crippen LogP contribution in [0.3, 0.4) is 0 Å². The quantitative estimate of drug-likeness (QED) is 0.551. The van der Waals surface area contributed by atoms with Gasteiger partial charge in [0, 0.05) is 0 Å². The monoisotopic (exact) mass is 196 g/mol. The van der Waals surface area contributed by atoms with Crippen molar-refractivity contribution in [3.63, 3.8) is 0 Å². The molecule has 0 radical (unpaired) electrons. The Bertz CT molecular complexity index is 430. The Morgan fingerprint density at radius 2 is 2.00 bits per heavy atom. The maximum atomic E-state index is 5.58. The van der Waals surface area contributed by atoms with Gasteiger partial charge in [-0.05, 0) is 12.1 Å². The number of nitrogen functional groups attached to an aromatic ring is 3. The molecule has 0 saturated heterocycles. The molecule has 7 heteroatoms. The zero-order valence-electron chi connectivity index (χ0n) is 6.64. The SMILES string of the molecule is Nc1ccc(-c2nnc(N)n2N)s1. The molecule has 0 aliphatic carbocycles. The van der Waals surface area contributed by atoms with Crippen molar-refractivity contribution in [2.45, 2.75) is 0 Å². The third-order valence-electron chi connectivity index (χ3n) is 1.57. The van der Waals surface area contributed by atoms with Crippen LogP contribution in [0, 0.1) is 0 Å². The van der Waals surface area contributed by atoms with E-state index in [1.165, 1.54) is 16.0 Å². The number of thiophene rings is 1. The fourth-order valence-electron chi connectivity index (χ4n) is 0.944. The second-order valence-corrected chi connectivity index (χ2v) is 3.57. The number of hydrogen-bond acceptors (Lipinski definition) is 6. The Kier molecular flexibility index (Phi) is 1.59. The van der Waals surface area contributed by atoms with Gasteiger partial charge in [0.1, 0.15) is 0 Å². The summed E-state index contributed by atoms with van der Waals surface area (Å²) in [6, 6.07) is 3.61. The molecule has 2 heterocycles. The second kappa shape index (κ2) is 2.63. The summed E-state index contributed by atoms with van der Waals surface area (Å²) in [4.78, 5) is 0.851. The minimum atomic E-state index is 0.182. The lowest BCUT2D eigenvalue weighted by Gasteiger charge is -1.96. The predicted molar refractivity (Wildman–Crippen MR) is 52.3 cm³/mol. The fraction of sp³-hybridized carbons (Fsp3) is 0. The summed E-state index contributed by atoms with van der Waals surface area (Å²) in [5, 5.41) is 8.16. The van der Waals surface area contributed by atoms with Crippen LogP contribution in [0.1, 0.15) is 0 Å². The van der Waals surface area contributed by atoms with E-state index >= 15 is 0 Å². The summed E-state index contributed by atoms with van der Waals surface area (Å²) in [5.41, 5.74) is 11.0. The molecule has 0 bridgehead atoms. The van der Waals surface area contributed by atoms with Gasteiger partial charge in [0.2, 0.25) is 5.95 Å². The third-order valence-corrected chi connectivity index (χ3v) is 2.48. The highest BCUT2D eigenvalue weighted by Gasteiger charge is 2.10. The lowest BCUT2D eigenvalue weighted by atomic mass is 10.4. The molecule has 0 aliphatic rings. The summed E-state index contributed by atoms with van der Waals surface area (Å²) in [6.45, 7) is 0. The Morgan fingerprint density at radius 3 is 2.46 bits per heavy atom. The predicted octanol–water partition coefficient (Wildman–Crippen LogP) is -0.115. The third kappa shape index (κ3) is 1.18. The van der Waals surface area contributed by atoms with Crippen molar-refractivity contribution in [3.05, 3.63) is 12.1 Å². The summed E-state index contributed by atoms with van der Waals surface area (Å²) in [5.74, 6) is 6.29. The van der Waals surface area contributed by atoms with Crippen LogP contribution in [0.15, 0.2) is 12.1 Å². The average Bonchev–Trinajstić information content (AvgIpc) is 2.62. The minimum absolute atomic E-state index is 0.182. The Labute approximate surface area is 77.9 Å². The van der Waals surface area contributed by atoms with Gasteiger partial charge in [-0.2, -0.15) is 0 Å². The molecule has 0 saturated carbocycles. The first-order valence-corrected chi connectivity index (χ1v) is 4.32. The van der Waals surface area contributed by atoms with Crippen LogP contribution in [0.4, 0.5) is 10.9 Å². The molecule has 2 aromatic heterocycles. The van der Waals surface area contributed by atoms with Gasteiger partial charge in [0.15, 0.2) is 5.82 Å². The largest absolute Gasteiger partial charge is 0.391 e. The van der Waals surface area contributed by atoms with Crippen molar-refractivity contribution >= 4 is 22.3 Å². The van der Waals surface area contributed by atoms with Gasteiger partial charge in [-0.15, -0.1) is 21.5 Å². The molecular weight excluding hydrogens is 188 g/mol. The van der Waals surface area contributed by atoms with Crippen LogP contribution in [-0.2, 0) is 0 Å². The van der Waals surface area contributed by atoms with Gasteiger partial charge >= 0.3 is 0 Å². The highest BCUT2D eigenvalue weighted by Crippen LogP contribution is 2.27. The Hall–Kier alpha value is -1.76. The van der Waals surface area contributed by atoms with Gasteiger partial charge in [0.25, 0.3) is 0 Å². The van der Waals surface area contributed by atoms with Crippen LogP contribution < -0.4 is 17.3 Å². The van der Waals surface area contributed by atoms with E-state index in [-0.39, 0.29) is 5.95 Å². The Balaban J connectivity index is 2.52. The Morgan fingerprint density at radius 1 is 1.23 bits per heavy atom. The van der Waals surface area contributed by atoms with E-state index in [0.29, 0.717) is 10.8 Å². The van der Waals surface area contributed by atoms with Crippen LogP contribution in [0.2, 0.25) is 0 Å². The topological polar surface area (TPSA) is 109 Å². The molecule has 2 aromatic rings. The number of hydrogen-bond donors (Lipinski definition) is 3. The number of anilines is 2. The van der Waals surface area contributed by atoms with Crippen molar-refractivity contribution in [1.82, 2.24) is 14.9 Å². The van der Waals surface area contributed by atoms with E-state index in [9.17, 15) is 0 Å². The zero-order chi connectivity index (χ0) is 9.42. The average molecular weight is 196 g/mol. The molecule has 0 spiro atoms. The van der Waals surface area contributed by atoms with Gasteiger partial charge in [-0.3, -0.25) is 0 Å². The smallest absolute Gasteiger partial charge is 0.241 e. The summed E-state index contributed by atoms with van der Waals surface area (Å²) in [7, 11) is 0. The molecule has 2 rings (SSSR count). The van der Waals surface area contributed by atoms with E-state index in [4.69, 9.17) is 17.3 Å². The molecule has 68 valence electrons. The summed E-state index contributed by atoms with van der Waals surface area (Å²) in [6.07, 6.45) is 0. The first-order valence-electron chi connectivity index (χ1n) is 3.50. The molecule has 6 N–H and O–H groups in total. The van der Waals surface area contributed by atoms with Crippen molar-refractivity contribution in [3.8, 4) is 10.7 Å². The van der Waals surface area contributed by atoms with E-state index in [0.717, 1.165) is 4.88 Å². The number of rotatable bonds is 1. The molecule has 6 nitrogen and oxygen atoms in total. The van der Waals surface area contributed by atoms with Crippen LogP contribution in [0.25, 0.3) is 10.7 Å². The molecule has 0 unspecified atom stereocenters. The molecule has 13 heavy (non-hydrogen) atoms. The molecule has 0 aliphatic heterocycles. The highest BCUT2D eigenvalue weighted by molar-refractivity contribution is 7.19. The standard InChI is InChI=1S/C6H8N6S/c7-4-2-1-3(13-4)5-10-11-6(8)12(5)9/h1-2H,7,9H2,(H2,8,11). The van der Waals surface area contributed by atoms with Crippen LogP contribution >= 0.6 is 11.3 Å². The summed E-state index contributed by atoms with van der Waals surface area (Å²) >= 11 is 1.39. The highest BCUT2D eigenvalue weighted by atomic mass is 32.1. The molecule has 0 aromatic carbocycles. The van der Waals surface area contributed by atoms with Gasteiger partial charge in [-0.25, -0.2) is 4.68 Å². The van der Waals surface area contributed by atoms with Gasteiger partial charge in [0.05, 0.1) is 9.88 Å². The number of aromatic nitrogens is 3. The van der Waals surface area contributed by atoms with Crippen LogP contribution in [0.5, 0.6) is 0 Å². The van der Waals surface area contributed by atoms with Crippen molar-refractivity contribution in [2.24, 2.45) is 0 Å². The minimum Gasteiger partial charge on any atom is -0.391 e. The zero-order valence-corrected chi connectivity index (χ0v) is 7.45. The van der Waals surface area contributed by atoms with E-state index in [1.807, 2.05) is 6.07 Å². The van der Waals surface area contributed by atoms with E-state index < -0.39 is 0 Å². The maximum Gasteiger partial charge on any atom is 0.241 e. The molecule has 0 fully saturated rings. The normalized spacial score (nSPS) is 10.5. The van der Waals surface area contributed by atoms with E-state index in [1.54, 1.807) is 6.07 Å². The first kappa shape index (κ1) is 7.87. The van der Waals surface area contributed by atoms with Crippen molar-refractivity contribution < 1.29 is 0 Å². The molecular formula is C6H8N6S. The number of nitrogens with zero attached hydrogens (tertiary/aromatic N) is 3. The lowest BCUT2D eigenvalue weighted by molar-refractivity contribution is 1.03. The lowest BCUT2D eigenvalue weighted by Crippen LogP contribution is -2.12. The van der Waals surface area contributed by atoms with Crippen LogP contribution in [-0.4, -0.2) is 14.9 Å². The van der Waals surface area contributed by atoms with Gasteiger partial charge < -0.3 is 17.3 Å². The van der Waals surface area contributed by atoms with E-state index in [2.05, 4.69) is 10.2 Å². The van der Waals surface area contributed by atoms with Gasteiger partial charge in [-0.1, -0.05) is 0 Å². The van der Waals surface area contributed by atoms with Crippen molar-refractivity contribution in [1.29, 1.82) is 0 Å². The summed E-state index contributed by atoms with van der Waals surface area (Å²) < 4.78 is 1.23. The fourth-order valence-corrected chi connectivity index (χ4v) is 1.70. The maximum absolute atomic E-state index is 5.58. The second-order valence-electron chi connectivity index (χ2n) is 2.45. The van der Waals surface area contributed by atoms with Crippen molar-refractivity contribution in [2.75, 3.05) is 17.3 Å².